The molecule has 0 spiro atoms. The van der Waals surface area contributed by atoms with Gasteiger partial charge in [0.2, 0.25) is 0 Å². The van der Waals surface area contributed by atoms with Crippen LogP contribution in [0, 0.1) is 0 Å². The van der Waals surface area contributed by atoms with Crippen LogP contribution in [0.25, 0.3) is 0 Å². The largest absolute Gasteiger partial charge is 0.314 e. The van der Waals surface area contributed by atoms with Gasteiger partial charge in [0.05, 0.1) is 25.7 Å². The molecule has 0 aliphatic carbocycles. The van der Waals surface area contributed by atoms with Gasteiger partial charge in [0.15, 0.2) is 0 Å². The Labute approximate surface area is 103 Å². The third-order valence-electron chi connectivity index (χ3n) is 1.38. The van der Waals surface area contributed by atoms with Gasteiger partial charge in [-0.1, -0.05) is 0 Å². The molecule has 0 saturated carbocycles. The van der Waals surface area contributed by atoms with Crippen LogP contribution >= 0.6 is 0 Å². The van der Waals surface area contributed by atoms with Crippen molar-refractivity contribution in [3.8, 4) is 0 Å². The topological polar surface area (TPSA) is 109 Å². The summed E-state index contributed by atoms with van der Waals surface area (Å²) in [6, 6.07) is 0. The van der Waals surface area contributed by atoms with Gasteiger partial charge >= 0.3 is 0 Å². The van der Waals surface area contributed by atoms with Crippen molar-refractivity contribution < 1.29 is 25.2 Å². The molecule has 1 N–H and O–H groups in total. The zero-order valence-electron chi connectivity index (χ0n) is 10.0. The van der Waals surface area contributed by atoms with Crippen molar-refractivity contribution in [1.29, 1.82) is 0 Å². The van der Waals surface area contributed by atoms with E-state index in [1.807, 2.05) is 0 Å². The summed E-state index contributed by atoms with van der Waals surface area (Å²) in [6.45, 7) is 2.60. The number of rotatable bonds is 7. The standard InChI is InChI=1S/C6H14O6S2.C2H5N/c1-13(7,8)11-5-3-4-6-12-14(2,9)10;1-2-3-1/h3-6H2,1-2H3;3H,1-2H2. The summed E-state index contributed by atoms with van der Waals surface area (Å²) in [5.74, 6) is 0. The zero-order valence-corrected chi connectivity index (χ0v) is 11.6. The maximum atomic E-state index is 10.5. The Morgan fingerprint density at radius 3 is 1.35 bits per heavy atom. The second-order valence-electron chi connectivity index (χ2n) is 3.51. The molecule has 7 nitrogen and oxygen atoms in total. The molecule has 0 unspecified atom stereocenters. The van der Waals surface area contributed by atoms with E-state index in [1.54, 1.807) is 0 Å². The Balaban J connectivity index is 0.000000728. The molecule has 1 aliphatic rings. The van der Waals surface area contributed by atoms with Crippen LogP contribution in [-0.2, 0) is 28.6 Å². The lowest BCUT2D eigenvalue weighted by molar-refractivity contribution is 0.273. The van der Waals surface area contributed by atoms with E-state index >= 15 is 0 Å². The molecule has 1 rings (SSSR count). The number of nitrogens with one attached hydrogen (secondary N) is 1. The lowest BCUT2D eigenvalue weighted by Gasteiger charge is -2.01. The molecule has 0 aromatic heterocycles. The minimum Gasteiger partial charge on any atom is -0.314 e. The normalized spacial score (nSPS) is 14.9. The molecule has 0 bridgehead atoms. The Morgan fingerprint density at radius 2 is 1.18 bits per heavy atom. The van der Waals surface area contributed by atoms with E-state index in [1.165, 1.54) is 13.1 Å². The van der Waals surface area contributed by atoms with Crippen molar-refractivity contribution in [1.82, 2.24) is 5.32 Å². The minimum absolute atomic E-state index is 0.0476. The molecule has 1 fully saturated rings. The van der Waals surface area contributed by atoms with Crippen LogP contribution in [0.2, 0.25) is 0 Å². The molecule has 1 heterocycles. The average Bonchev–Trinajstić information content (AvgIpc) is 2.93. The maximum absolute atomic E-state index is 10.5. The van der Waals surface area contributed by atoms with Crippen LogP contribution in [0.3, 0.4) is 0 Å². The van der Waals surface area contributed by atoms with Gasteiger partial charge in [0, 0.05) is 13.1 Å². The summed E-state index contributed by atoms with van der Waals surface area (Å²) < 4.78 is 50.8. The van der Waals surface area contributed by atoms with Crippen LogP contribution in [0.1, 0.15) is 12.8 Å². The number of unbranched alkanes of at least 4 members (excludes halogenated alkanes) is 1. The first-order valence-electron chi connectivity index (χ1n) is 5.10. The molecular formula is C8H19NO6S2. The molecular weight excluding hydrogens is 270 g/mol. The van der Waals surface area contributed by atoms with E-state index in [9.17, 15) is 16.8 Å². The predicted octanol–water partition coefficient (Wildman–Crippen LogP) is -0.691. The van der Waals surface area contributed by atoms with E-state index in [-0.39, 0.29) is 13.2 Å². The van der Waals surface area contributed by atoms with Crippen molar-refractivity contribution in [2.75, 3.05) is 38.8 Å². The van der Waals surface area contributed by atoms with Crippen molar-refractivity contribution in [3.63, 3.8) is 0 Å². The lowest BCUT2D eigenvalue weighted by atomic mass is 10.3. The third-order valence-corrected chi connectivity index (χ3v) is 2.57. The SMILES string of the molecule is C1CN1.CS(=O)(=O)OCCCCOS(C)(=O)=O. The Hall–Kier alpha value is -0.220. The second kappa shape index (κ2) is 7.98. The molecule has 0 radical (unpaired) electrons. The van der Waals surface area contributed by atoms with Crippen LogP contribution in [0.4, 0.5) is 0 Å². The highest BCUT2D eigenvalue weighted by atomic mass is 32.2. The van der Waals surface area contributed by atoms with E-state index in [2.05, 4.69) is 13.7 Å². The van der Waals surface area contributed by atoms with E-state index in [0.717, 1.165) is 12.5 Å². The van der Waals surface area contributed by atoms with Crippen LogP contribution in [0.15, 0.2) is 0 Å². The van der Waals surface area contributed by atoms with Crippen molar-refractivity contribution in [2.24, 2.45) is 0 Å². The van der Waals surface area contributed by atoms with Crippen LogP contribution in [-0.4, -0.2) is 55.7 Å². The summed E-state index contributed by atoms with van der Waals surface area (Å²) in [7, 11) is -6.80. The predicted molar refractivity (Wildman–Crippen MR) is 63.7 cm³/mol. The molecule has 9 heteroatoms. The van der Waals surface area contributed by atoms with E-state index < -0.39 is 20.2 Å². The quantitative estimate of drug-likeness (QED) is 0.375. The summed E-state index contributed by atoms with van der Waals surface area (Å²) in [6.07, 6.45) is 2.78. The number of hydrogen-bond donors (Lipinski definition) is 1. The third kappa shape index (κ3) is 21.6. The summed E-state index contributed by atoms with van der Waals surface area (Å²) in [5.41, 5.74) is 0. The molecule has 1 saturated heterocycles. The monoisotopic (exact) mass is 289 g/mol. The van der Waals surface area contributed by atoms with Gasteiger partial charge in [0.25, 0.3) is 20.2 Å². The smallest absolute Gasteiger partial charge is 0.264 e. The lowest BCUT2D eigenvalue weighted by Crippen LogP contribution is -2.07. The first kappa shape index (κ1) is 16.8. The van der Waals surface area contributed by atoms with E-state index in [4.69, 9.17) is 0 Å². The Morgan fingerprint density at radius 1 is 0.882 bits per heavy atom. The highest BCUT2D eigenvalue weighted by Crippen LogP contribution is 1.96. The molecule has 17 heavy (non-hydrogen) atoms. The summed E-state index contributed by atoms with van der Waals surface area (Å²) in [5, 5.41) is 3.00. The summed E-state index contributed by atoms with van der Waals surface area (Å²) in [4.78, 5) is 0. The first-order valence-corrected chi connectivity index (χ1v) is 8.73. The fourth-order valence-corrected chi connectivity index (χ4v) is 1.47. The maximum Gasteiger partial charge on any atom is 0.264 e. The molecule has 0 aromatic rings. The fraction of sp³-hybridized carbons (Fsp3) is 1.00. The Kier molecular flexibility index (Phi) is 7.88. The van der Waals surface area contributed by atoms with Crippen LogP contribution in [0.5, 0.6) is 0 Å². The molecule has 1 aliphatic heterocycles. The fourth-order valence-electron chi connectivity index (χ4n) is 0.625. The zero-order chi connectivity index (χ0) is 13.4. The van der Waals surface area contributed by atoms with Gasteiger partial charge in [-0.15, -0.1) is 0 Å². The van der Waals surface area contributed by atoms with Crippen molar-refractivity contribution in [3.05, 3.63) is 0 Å². The van der Waals surface area contributed by atoms with Gasteiger partial charge in [-0.2, -0.15) is 16.8 Å². The van der Waals surface area contributed by atoms with Gasteiger partial charge in [-0.25, -0.2) is 0 Å². The molecule has 104 valence electrons. The van der Waals surface area contributed by atoms with Crippen molar-refractivity contribution >= 4 is 20.2 Å². The van der Waals surface area contributed by atoms with Gasteiger partial charge in [0.1, 0.15) is 0 Å². The minimum atomic E-state index is -3.40. The first-order chi connectivity index (χ1) is 7.71. The summed E-state index contributed by atoms with van der Waals surface area (Å²) >= 11 is 0. The molecule has 0 atom stereocenters. The molecule has 0 aromatic carbocycles. The molecule has 0 amide bonds. The van der Waals surface area contributed by atoms with Crippen LogP contribution < -0.4 is 5.32 Å². The Bertz CT molecular complexity index is 347. The van der Waals surface area contributed by atoms with Gasteiger partial charge < -0.3 is 5.32 Å². The second-order valence-corrected chi connectivity index (χ2v) is 6.80. The average molecular weight is 289 g/mol. The highest BCUT2D eigenvalue weighted by Gasteiger charge is 2.02. The highest BCUT2D eigenvalue weighted by molar-refractivity contribution is 7.86. The van der Waals surface area contributed by atoms with Crippen molar-refractivity contribution in [2.45, 2.75) is 12.8 Å². The van der Waals surface area contributed by atoms with Gasteiger partial charge in [-0.05, 0) is 12.8 Å². The number of hydrogen-bond acceptors (Lipinski definition) is 7. The van der Waals surface area contributed by atoms with E-state index in [0.29, 0.717) is 12.8 Å². The van der Waals surface area contributed by atoms with Gasteiger partial charge in [-0.3, -0.25) is 8.37 Å².